The van der Waals surface area contributed by atoms with E-state index in [2.05, 4.69) is 43.7 Å². The number of fused-ring (bicyclic) bond motifs is 2. The second kappa shape index (κ2) is 9.40. The number of nitrogens with one attached hydrogen (secondary N) is 2. The van der Waals surface area contributed by atoms with Crippen LogP contribution < -0.4 is 15.4 Å². The highest BCUT2D eigenvalue weighted by molar-refractivity contribution is 9.10. The topological polar surface area (TPSA) is 83.1 Å². The average molecular weight is 469 g/mol. The Morgan fingerprint density at radius 1 is 1.20 bits per heavy atom. The first-order valence-electron chi connectivity index (χ1n) is 10.4. The van der Waals surface area contributed by atoms with Crippen molar-refractivity contribution < 1.29 is 9.15 Å². The van der Waals surface area contributed by atoms with Gasteiger partial charge in [0.2, 0.25) is 5.76 Å². The van der Waals surface area contributed by atoms with Gasteiger partial charge in [-0.1, -0.05) is 25.3 Å². The fourth-order valence-corrected chi connectivity index (χ4v) is 4.42. The number of rotatable bonds is 3. The van der Waals surface area contributed by atoms with E-state index >= 15 is 0 Å². The summed E-state index contributed by atoms with van der Waals surface area (Å²) in [5, 5.41) is 16.3. The zero-order valence-corrected chi connectivity index (χ0v) is 18.6. The van der Waals surface area contributed by atoms with E-state index < -0.39 is 0 Å². The third kappa shape index (κ3) is 4.54. The van der Waals surface area contributed by atoms with Crippen LogP contribution in [0.25, 0.3) is 11.0 Å². The molecular weight excluding hydrogens is 444 g/mol. The normalized spacial score (nSPS) is 15.5. The minimum Gasteiger partial charge on any atom is -0.493 e. The second-order valence-electron chi connectivity index (χ2n) is 7.57. The number of nitrogens with zero attached hydrogens (tertiary/aromatic N) is 2. The first kappa shape index (κ1) is 20.5. The third-order valence-corrected chi connectivity index (χ3v) is 6.36. The van der Waals surface area contributed by atoms with Crippen molar-refractivity contribution in [3.05, 3.63) is 46.3 Å². The largest absolute Gasteiger partial charge is 0.493 e. The Morgan fingerprint density at radius 3 is 2.80 bits per heavy atom. The number of aromatic nitrogens is 1. The van der Waals surface area contributed by atoms with Crippen LogP contribution in [0, 0.1) is 11.3 Å². The molecule has 0 amide bonds. The van der Waals surface area contributed by atoms with Crippen molar-refractivity contribution in [1.82, 2.24) is 4.98 Å². The molecular formula is C23H25BrN4O2. The van der Waals surface area contributed by atoms with E-state index in [-0.39, 0.29) is 0 Å². The van der Waals surface area contributed by atoms with E-state index in [4.69, 9.17) is 14.4 Å². The van der Waals surface area contributed by atoms with Crippen molar-refractivity contribution in [3.8, 4) is 11.8 Å². The number of pyridine rings is 1. The van der Waals surface area contributed by atoms with Gasteiger partial charge in [-0.05, 0) is 40.4 Å². The molecule has 3 heterocycles. The zero-order valence-electron chi connectivity index (χ0n) is 17.0. The van der Waals surface area contributed by atoms with Crippen LogP contribution in [0.4, 0.5) is 11.5 Å². The number of furan rings is 1. The quantitative estimate of drug-likeness (QED) is 0.499. The maximum absolute atomic E-state index is 8.86. The summed E-state index contributed by atoms with van der Waals surface area (Å²) >= 11 is 3.56. The lowest BCUT2D eigenvalue weighted by molar-refractivity contribution is 0.357. The zero-order chi connectivity index (χ0) is 20.9. The van der Waals surface area contributed by atoms with Gasteiger partial charge in [0.15, 0.2) is 5.58 Å². The number of hydrogen-bond donors (Lipinski definition) is 2. The summed E-state index contributed by atoms with van der Waals surface area (Å²) in [5.74, 6) is 2.19. The summed E-state index contributed by atoms with van der Waals surface area (Å²) in [6, 6.07) is 10.5. The molecule has 0 spiro atoms. The van der Waals surface area contributed by atoms with Gasteiger partial charge in [-0.25, -0.2) is 4.98 Å². The SMILES string of the molecule is CNc1ccc2c(c1)OCC2.N#Cc1cc2c(Br)c(NC3CCCCC3)ncc2o1. The lowest BCUT2D eigenvalue weighted by Crippen LogP contribution is -2.23. The number of benzene rings is 1. The predicted octanol–water partition coefficient (Wildman–Crippen LogP) is 5.87. The molecule has 1 aliphatic carbocycles. The minimum absolute atomic E-state index is 0.312. The van der Waals surface area contributed by atoms with Crippen molar-refractivity contribution in [1.29, 1.82) is 5.26 Å². The number of ether oxygens (including phenoxy) is 1. The Kier molecular flexibility index (Phi) is 6.44. The molecule has 0 saturated heterocycles. The van der Waals surface area contributed by atoms with Crippen LogP contribution >= 0.6 is 15.9 Å². The summed E-state index contributed by atoms with van der Waals surface area (Å²) in [5.41, 5.74) is 3.08. The Hall–Kier alpha value is -2.72. The molecule has 2 aliphatic rings. The minimum atomic E-state index is 0.312. The lowest BCUT2D eigenvalue weighted by atomic mass is 9.95. The van der Waals surface area contributed by atoms with E-state index in [9.17, 15) is 0 Å². The van der Waals surface area contributed by atoms with Gasteiger partial charge < -0.3 is 19.8 Å². The van der Waals surface area contributed by atoms with E-state index in [1.165, 1.54) is 37.7 Å². The molecule has 5 rings (SSSR count). The molecule has 3 aromatic rings. The van der Waals surface area contributed by atoms with Crippen LogP contribution in [0.1, 0.15) is 43.4 Å². The van der Waals surface area contributed by atoms with Gasteiger partial charge in [0.25, 0.3) is 0 Å². The van der Waals surface area contributed by atoms with Crippen molar-refractivity contribution in [3.63, 3.8) is 0 Å². The standard InChI is InChI=1S/C14H14BrN3O.C9H11NO/c15-13-11-6-10(7-16)19-12(11)8-17-14(13)18-9-4-2-1-3-5-9;1-10-8-3-2-7-4-5-11-9(7)6-8/h6,8-9H,1-5H2,(H,17,18);2-3,6,10H,4-5H2,1H3. The maximum atomic E-state index is 8.86. The van der Waals surface area contributed by atoms with Crippen LogP contribution in [0.5, 0.6) is 5.75 Å². The summed E-state index contributed by atoms with van der Waals surface area (Å²) in [6.07, 6.45) is 9.01. The van der Waals surface area contributed by atoms with Gasteiger partial charge in [-0.2, -0.15) is 5.26 Å². The Morgan fingerprint density at radius 2 is 2.03 bits per heavy atom. The lowest BCUT2D eigenvalue weighted by Gasteiger charge is -2.23. The molecule has 2 aromatic heterocycles. The Labute approximate surface area is 184 Å². The van der Waals surface area contributed by atoms with Gasteiger partial charge >= 0.3 is 0 Å². The average Bonchev–Trinajstić information content (AvgIpc) is 3.43. The molecule has 6 nitrogen and oxygen atoms in total. The third-order valence-electron chi connectivity index (χ3n) is 5.56. The number of nitriles is 1. The Bertz CT molecular complexity index is 1070. The molecule has 0 bridgehead atoms. The summed E-state index contributed by atoms with van der Waals surface area (Å²) in [7, 11) is 1.91. The van der Waals surface area contributed by atoms with Crippen molar-refractivity contribution >= 4 is 38.4 Å². The molecule has 7 heteroatoms. The molecule has 1 aliphatic heterocycles. The molecule has 2 N–H and O–H groups in total. The summed E-state index contributed by atoms with van der Waals surface area (Å²) in [6.45, 7) is 0.836. The van der Waals surface area contributed by atoms with Crippen LogP contribution in [0.15, 0.2) is 39.4 Å². The summed E-state index contributed by atoms with van der Waals surface area (Å²) < 4.78 is 11.6. The van der Waals surface area contributed by atoms with Crippen LogP contribution in [0.3, 0.4) is 0 Å². The van der Waals surface area contributed by atoms with Gasteiger partial charge in [0, 0.05) is 42.7 Å². The van der Waals surface area contributed by atoms with Crippen molar-refractivity contribution in [2.24, 2.45) is 0 Å². The van der Waals surface area contributed by atoms with Crippen LogP contribution in [-0.2, 0) is 6.42 Å². The fraction of sp³-hybridized carbons (Fsp3) is 0.391. The van der Waals surface area contributed by atoms with Crippen LogP contribution in [-0.4, -0.2) is 24.7 Å². The highest BCUT2D eigenvalue weighted by atomic mass is 79.9. The smallest absolute Gasteiger partial charge is 0.204 e. The van der Waals surface area contributed by atoms with E-state index in [1.807, 2.05) is 19.2 Å². The van der Waals surface area contributed by atoms with Gasteiger partial charge in [-0.15, -0.1) is 0 Å². The first-order chi connectivity index (χ1) is 14.7. The van der Waals surface area contributed by atoms with Gasteiger partial charge in [0.05, 0.1) is 17.3 Å². The highest BCUT2D eigenvalue weighted by Gasteiger charge is 2.17. The molecule has 1 aromatic carbocycles. The first-order valence-corrected chi connectivity index (χ1v) is 11.2. The maximum Gasteiger partial charge on any atom is 0.204 e. The molecule has 1 saturated carbocycles. The molecule has 1 fully saturated rings. The van der Waals surface area contributed by atoms with Gasteiger partial charge in [-0.3, -0.25) is 0 Å². The molecule has 0 unspecified atom stereocenters. The monoisotopic (exact) mass is 468 g/mol. The van der Waals surface area contributed by atoms with E-state index in [0.29, 0.717) is 17.4 Å². The highest BCUT2D eigenvalue weighted by Crippen LogP contribution is 2.33. The number of halogens is 1. The fourth-order valence-electron chi connectivity index (χ4n) is 3.90. The molecule has 30 heavy (non-hydrogen) atoms. The van der Waals surface area contributed by atoms with Crippen LogP contribution in [0.2, 0.25) is 0 Å². The van der Waals surface area contributed by atoms with Crippen molar-refractivity contribution in [2.75, 3.05) is 24.3 Å². The molecule has 0 atom stereocenters. The number of hydrogen-bond acceptors (Lipinski definition) is 6. The van der Waals surface area contributed by atoms with Gasteiger partial charge in [0.1, 0.15) is 17.6 Å². The second-order valence-corrected chi connectivity index (χ2v) is 8.36. The van der Waals surface area contributed by atoms with Crippen molar-refractivity contribution in [2.45, 2.75) is 44.6 Å². The van der Waals surface area contributed by atoms with E-state index in [1.54, 1.807) is 12.3 Å². The van der Waals surface area contributed by atoms with E-state index in [0.717, 1.165) is 40.1 Å². The Balaban J connectivity index is 0.000000168. The molecule has 0 radical (unpaired) electrons. The number of anilines is 2. The summed E-state index contributed by atoms with van der Waals surface area (Å²) in [4.78, 5) is 4.39. The molecule has 156 valence electrons. The predicted molar refractivity (Wildman–Crippen MR) is 122 cm³/mol.